The van der Waals surface area contributed by atoms with Crippen molar-refractivity contribution in [2.45, 2.75) is 37.9 Å². The predicted octanol–water partition coefficient (Wildman–Crippen LogP) is -1.06. The average molecular weight is 191 g/mol. The largest absolute Gasteiger partial charge is 0.441 e. The highest BCUT2D eigenvalue weighted by Crippen LogP contribution is 2.21. The number of amides is 1. The van der Waals surface area contributed by atoms with Crippen LogP contribution in [0.4, 0.5) is 4.79 Å². The molecule has 1 saturated heterocycles. The molecule has 0 bridgehead atoms. The Bertz CT molecular complexity index is 185. The van der Waals surface area contributed by atoms with E-state index in [2.05, 4.69) is 4.74 Å². The minimum absolute atomic E-state index is 0.0162. The smallest absolute Gasteiger partial charge is 0.404 e. The van der Waals surface area contributed by atoms with E-state index in [1.165, 1.54) is 0 Å². The van der Waals surface area contributed by atoms with Crippen molar-refractivity contribution >= 4 is 6.09 Å². The zero-order valence-electron chi connectivity index (χ0n) is 7.21. The van der Waals surface area contributed by atoms with Crippen LogP contribution in [-0.2, 0) is 9.47 Å². The maximum atomic E-state index is 10.4. The number of nitrogens with two attached hydrogens (primary N) is 1. The second kappa shape index (κ2) is 3.91. The number of hydrogen-bond acceptors (Lipinski definition) is 5. The molecular formula is C7H13NO5. The fraction of sp³-hybridized carbons (Fsp3) is 0.857. The third-order valence-corrected chi connectivity index (χ3v) is 1.91. The van der Waals surface area contributed by atoms with Crippen LogP contribution in [0.15, 0.2) is 0 Å². The van der Waals surface area contributed by atoms with Crippen molar-refractivity contribution in [1.82, 2.24) is 0 Å². The second-order valence-corrected chi connectivity index (χ2v) is 3.00. The monoisotopic (exact) mass is 191 g/mol. The topological polar surface area (TPSA) is 102 Å². The van der Waals surface area contributed by atoms with E-state index >= 15 is 0 Å². The summed E-state index contributed by atoms with van der Waals surface area (Å²) in [6, 6.07) is 0. The van der Waals surface area contributed by atoms with E-state index < -0.39 is 30.7 Å². The van der Waals surface area contributed by atoms with Crippen LogP contribution in [0.5, 0.6) is 0 Å². The van der Waals surface area contributed by atoms with Crippen LogP contribution >= 0.6 is 0 Å². The van der Waals surface area contributed by atoms with Gasteiger partial charge in [-0.1, -0.05) is 0 Å². The first-order chi connectivity index (χ1) is 6.00. The van der Waals surface area contributed by atoms with Gasteiger partial charge >= 0.3 is 6.09 Å². The Hall–Kier alpha value is -0.850. The summed E-state index contributed by atoms with van der Waals surface area (Å²) in [5.74, 6) is 0. The molecular weight excluding hydrogens is 178 g/mol. The molecule has 0 aromatic carbocycles. The molecule has 0 aliphatic carbocycles. The first-order valence-corrected chi connectivity index (χ1v) is 3.98. The van der Waals surface area contributed by atoms with Gasteiger partial charge in [-0.3, -0.25) is 0 Å². The molecule has 1 aliphatic heterocycles. The van der Waals surface area contributed by atoms with E-state index in [1.54, 1.807) is 6.92 Å². The molecule has 76 valence electrons. The molecule has 0 unspecified atom stereocenters. The normalized spacial score (nSPS) is 39.9. The third kappa shape index (κ3) is 2.55. The van der Waals surface area contributed by atoms with Crippen molar-refractivity contribution in [2.24, 2.45) is 5.73 Å². The summed E-state index contributed by atoms with van der Waals surface area (Å²) >= 11 is 0. The first-order valence-electron chi connectivity index (χ1n) is 3.98. The van der Waals surface area contributed by atoms with E-state index in [0.717, 1.165) is 0 Å². The fourth-order valence-electron chi connectivity index (χ4n) is 1.34. The number of carbonyl (C=O) groups is 1. The summed E-state index contributed by atoms with van der Waals surface area (Å²) in [6.07, 6.45) is -4.27. The van der Waals surface area contributed by atoms with Gasteiger partial charge in [-0.05, 0) is 6.92 Å². The van der Waals surface area contributed by atoms with E-state index in [9.17, 15) is 9.90 Å². The lowest BCUT2D eigenvalue weighted by Gasteiger charge is -2.34. The lowest BCUT2D eigenvalue weighted by Crippen LogP contribution is -2.49. The molecule has 1 aliphatic rings. The van der Waals surface area contributed by atoms with Gasteiger partial charge in [0.25, 0.3) is 0 Å². The first kappa shape index (κ1) is 10.2. The van der Waals surface area contributed by atoms with Gasteiger partial charge in [0.05, 0.1) is 12.2 Å². The highest BCUT2D eigenvalue weighted by molar-refractivity contribution is 5.64. The van der Waals surface area contributed by atoms with Gasteiger partial charge in [0, 0.05) is 6.42 Å². The number of primary amides is 1. The number of ether oxygens (including phenoxy) is 2. The molecule has 1 fully saturated rings. The molecule has 0 saturated carbocycles. The minimum atomic E-state index is -1.02. The Balaban J connectivity index is 2.56. The third-order valence-electron chi connectivity index (χ3n) is 1.91. The number of carbonyl (C=O) groups excluding carboxylic acids is 1. The number of rotatable bonds is 1. The zero-order chi connectivity index (χ0) is 10.0. The number of aliphatic hydroxyl groups is 2. The Morgan fingerprint density at radius 3 is 2.69 bits per heavy atom. The van der Waals surface area contributed by atoms with Crippen LogP contribution in [0.3, 0.4) is 0 Å². The summed E-state index contributed by atoms with van der Waals surface area (Å²) in [5.41, 5.74) is 4.79. The fourth-order valence-corrected chi connectivity index (χ4v) is 1.34. The van der Waals surface area contributed by atoms with Crippen LogP contribution in [0.1, 0.15) is 13.3 Å². The van der Waals surface area contributed by atoms with E-state index in [1.807, 2.05) is 0 Å². The maximum absolute atomic E-state index is 10.4. The van der Waals surface area contributed by atoms with Gasteiger partial charge in [0.2, 0.25) is 0 Å². The second-order valence-electron chi connectivity index (χ2n) is 3.00. The van der Waals surface area contributed by atoms with Gasteiger partial charge in [-0.25, -0.2) is 4.79 Å². The van der Waals surface area contributed by atoms with Crippen LogP contribution < -0.4 is 5.73 Å². The number of hydrogen-bond donors (Lipinski definition) is 3. The molecule has 4 atom stereocenters. The van der Waals surface area contributed by atoms with Crippen molar-refractivity contribution in [3.8, 4) is 0 Å². The summed E-state index contributed by atoms with van der Waals surface area (Å²) in [5, 5.41) is 18.4. The molecule has 1 heterocycles. The van der Waals surface area contributed by atoms with Crippen molar-refractivity contribution in [1.29, 1.82) is 0 Å². The molecule has 0 aromatic heterocycles. The van der Waals surface area contributed by atoms with E-state index in [0.29, 0.717) is 0 Å². The molecule has 1 rings (SSSR count). The molecule has 6 heteroatoms. The molecule has 6 nitrogen and oxygen atoms in total. The van der Waals surface area contributed by atoms with Gasteiger partial charge in [0.1, 0.15) is 0 Å². The Morgan fingerprint density at radius 2 is 2.23 bits per heavy atom. The summed E-state index contributed by atoms with van der Waals surface area (Å²) in [4.78, 5) is 10.4. The number of aliphatic hydroxyl groups excluding tert-OH is 2. The van der Waals surface area contributed by atoms with Crippen LogP contribution in [0.25, 0.3) is 0 Å². The predicted molar refractivity (Wildman–Crippen MR) is 41.6 cm³/mol. The van der Waals surface area contributed by atoms with Gasteiger partial charge in [0.15, 0.2) is 12.4 Å². The van der Waals surface area contributed by atoms with E-state index in [4.69, 9.17) is 15.6 Å². The highest BCUT2D eigenvalue weighted by Gasteiger charge is 2.37. The van der Waals surface area contributed by atoms with Gasteiger partial charge in [-0.2, -0.15) is 0 Å². The molecule has 1 amide bonds. The molecule has 0 aromatic rings. The Kier molecular flexibility index (Phi) is 3.07. The van der Waals surface area contributed by atoms with Crippen LogP contribution in [-0.4, -0.2) is 40.9 Å². The summed E-state index contributed by atoms with van der Waals surface area (Å²) in [7, 11) is 0. The van der Waals surface area contributed by atoms with Gasteiger partial charge in [-0.15, -0.1) is 0 Å². The van der Waals surface area contributed by atoms with Gasteiger partial charge < -0.3 is 25.4 Å². The van der Waals surface area contributed by atoms with E-state index in [-0.39, 0.29) is 6.42 Å². The van der Waals surface area contributed by atoms with Crippen molar-refractivity contribution in [3.63, 3.8) is 0 Å². The lowest BCUT2D eigenvalue weighted by molar-refractivity contribution is -0.225. The maximum Gasteiger partial charge on any atom is 0.404 e. The standard InChI is InChI=1S/C7H13NO5/c1-3-6(13-7(8)11)4(9)2-5(10)12-3/h3-6,9-10H,2H2,1H3,(H2,8,11)/t3-,4-,5+,6-/m0/s1. The van der Waals surface area contributed by atoms with Crippen LogP contribution in [0, 0.1) is 0 Å². The molecule has 4 N–H and O–H groups in total. The molecule has 0 spiro atoms. The molecule has 13 heavy (non-hydrogen) atoms. The summed E-state index contributed by atoms with van der Waals surface area (Å²) in [6.45, 7) is 1.58. The Morgan fingerprint density at radius 1 is 1.62 bits per heavy atom. The quantitative estimate of drug-likeness (QED) is 0.490. The zero-order valence-corrected chi connectivity index (χ0v) is 7.21. The summed E-state index contributed by atoms with van der Waals surface area (Å²) < 4.78 is 9.55. The highest BCUT2D eigenvalue weighted by atomic mass is 16.6. The average Bonchev–Trinajstić information content (AvgIpc) is 1.96. The van der Waals surface area contributed by atoms with Crippen molar-refractivity contribution in [3.05, 3.63) is 0 Å². The van der Waals surface area contributed by atoms with Crippen LogP contribution in [0.2, 0.25) is 0 Å². The molecule has 0 radical (unpaired) electrons. The lowest BCUT2D eigenvalue weighted by atomic mass is 10.0. The minimum Gasteiger partial charge on any atom is -0.441 e. The van der Waals surface area contributed by atoms with Crippen molar-refractivity contribution < 1.29 is 24.5 Å². The SMILES string of the molecule is C[C@@H]1O[C@@H](O)C[C@H](O)[C@H]1OC(N)=O. The van der Waals surface area contributed by atoms with Crippen molar-refractivity contribution in [2.75, 3.05) is 0 Å². The Labute approximate surface area is 75.2 Å².